The average molecular weight is 276 g/mol. The first kappa shape index (κ1) is 15.2. The van der Waals surface area contributed by atoms with E-state index in [1.807, 2.05) is 6.92 Å². The first-order chi connectivity index (χ1) is 9.72. The fourth-order valence-corrected chi connectivity index (χ4v) is 2.80. The molecule has 112 valence electrons. The molecule has 2 rings (SSSR count). The van der Waals surface area contributed by atoms with Crippen LogP contribution in [0.3, 0.4) is 0 Å². The second kappa shape index (κ2) is 7.58. The highest BCUT2D eigenvalue weighted by Gasteiger charge is 2.20. The molecule has 1 aliphatic heterocycles. The number of rotatable bonds is 6. The lowest BCUT2D eigenvalue weighted by atomic mass is 9.96. The van der Waals surface area contributed by atoms with Crippen molar-refractivity contribution in [2.75, 3.05) is 31.1 Å². The lowest BCUT2D eigenvalue weighted by Crippen LogP contribution is -2.38. The zero-order valence-electron chi connectivity index (χ0n) is 13.2. The predicted molar refractivity (Wildman–Crippen MR) is 84.2 cm³/mol. The quantitative estimate of drug-likeness (QED) is 0.811. The van der Waals surface area contributed by atoms with Crippen molar-refractivity contribution < 1.29 is 0 Å². The van der Waals surface area contributed by atoms with E-state index in [-0.39, 0.29) is 0 Å². The molecule has 0 unspecified atom stereocenters. The van der Waals surface area contributed by atoms with E-state index in [1.165, 1.54) is 25.8 Å². The summed E-state index contributed by atoms with van der Waals surface area (Å²) in [5, 5.41) is 3.54. The monoisotopic (exact) mass is 276 g/mol. The molecular formula is C16H28N4. The van der Waals surface area contributed by atoms with Crippen molar-refractivity contribution in [1.82, 2.24) is 15.3 Å². The zero-order valence-corrected chi connectivity index (χ0v) is 13.2. The van der Waals surface area contributed by atoms with E-state index in [4.69, 9.17) is 0 Å². The topological polar surface area (TPSA) is 41.0 Å². The van der Waals surface area contributed by atoms with Crippen LogP contribution in [-0.4, -0.2) is 36.1 Å². The minimum atomic E-state index is 0.825. The number of piperidine rings is 1. The third kappa shape index (κ3) is 4.17. The van der Waals surface area contributed by atoms with Gasteiger partial charge in [0.15, 0.2) is 0 Å². The first-order valence-electron chi connectivity index (χ1n) is 8.03. The molecular weight excluding hydrogens is 248 g/mol. The highest BCUT2D eigenvalue weighted by molar-refractivity contribution is 5.40. The van der Waals surface area contributed by atoms with E-state index >= 15 is 0 Å². The van der Waals surface area contributed by atoms with Gasteiger partial charge in [0.1, 0.15) is 11.6 Å². The maximum absolute atomic E-state index is 4.61. The lowest BCUT2D eigenvalue weighted by Gasteiger charge is -2.33. The smallest absolute Gasteiger partial charge is 0.132 e. The molecule has 1 aliphatic rings. The van der Waals surface area contributed by atoms with Gasteiger partial charge in [-0.15, -0.1) is 0 Å². The van der Waals surface area contributed by atoms with Gasteiger partial charge in [0.05, 0.1) is 0 Å². The van der Waals surface area contributed by atoms with Gasteiger partial charge in [-0.3, -0.25) is 0 Å². The van der Waals surface area contributed by atoms with Gasteiger partial charge in [0.2, 0.25) is 0 Å². The standard InChI is InChI=1S/C16H28N4/c1-4-8-17-12-14-6-9-20(10-7-14)16-11-15(5-2)18-13(3)19-16/h11,14,17H,4-10,12H2,1-3H3. The van der Waals surface area contributed by atoms with Gasteiger partial charge < -0.3 is 10.2 Å². The molecule has 1 N–H and O–H groups in total. The number of nitrogens with zero attached hydrogens (tertiary/aromatic N) is 3. The zero-order chi connectivity index (χ0) is 14.4. The highest BCUT2D eigenvalue weighted by Crippen LogP contribution is 2.22. The lowest BCUT2D eigenvalue weighted by molar-refractivity contribution is 0.382. The van der Waals surface area contributed by atoms with E-state index in [0.717, 1.165) is 49.3 Å². The molecule has 0 aliphatic carbocycles. The van der Waals surface area contributed by atoms with Crippen LogP contribution in [0.4, 0.5) is 5.82 Å². The molecule has 1 fully saturated rings. The fourth-order valence-electron chi connectivity index (χ4n) is 2.80. The summed E-state index contributed by atoms with van der Waals surface area (Å²) in [7, 11) is 0. The molecule has 0 amide bonds. The van der Waals surface area contributed by atoms with Crippen molar-refractivity contribution in [3.8, 4) is 0 Å². The third-order valence-electron chi connectivity index (χ3n) is 4.04. The highest BCUT2D eigenvalue weighted by atomic mass is 15.2. The van der Waals surface area contributed by atoms with Gasteiger partial charge in [-0.05, 0) is 51.6 Å². The van der Waals surface area contributed by atoms with Gasteiger partial charge in [0, 0.05) is 24.8 Å². The molecule has 1 aromatic heterocycles. The molecule has 2 heterocycles. The maximum atomic E-state index is 4.61. The molecule has 0 radical (unpaired) electrons. The Labute approximate surface area is 123 Å². The molecule has 4 nitrogen and oxygen atoms in total. The summed E-state index contributed by atoms with van der Waals surface area (Å²) in [6, 6.07) is 2.16. The van der Waals surface area contributed by atoms with Crippen LogP contribution >= 0.6 is 0 Å². The number of anilines is 1. The summed E-state index contributed by atoms with van der Waals surface area (Å²) in [6.45, 7) is 10.9. The second-order valence-electron chi connectivity index (χ2n) is 5.75. The molecule has 0 spiro atoms. The molecule has 4 heteroatoms. The Hall–Kier alpha value is -1.16. The van der Waals surface area contributed by atoms with E-state index in [0.29, 0.717) is 0 Å². The summed E-state index contributed by atoms with van der Waals surface area (Å²) in [5.74, 6) is 2.84. The Balaban J connectivity index is 1.88. The largest absolute Gasteiger partial charge is 0.356 e. The van der Waals surface area contributed by atoms with Crippen LogP contribution < -0.4 is 10.2 Å². The molecule has 1 aromatic rings. The molecule has 1 saturated heterocycles. The maximum Gasteiger partial charge on any atom is 0.132 e. The third-order valence-corrected chi connectivity index (χ3v) is 4.04. The summed E-state index contributed by atoms with van der Waals surface area (Å²) in [5.41, 5.74) is 1.15. The van der Waals surface area contributed by atoms with E-state index in [9.17, 15) is 0 Å². The van der Waals surface area contributed by atoms with Gasteiger partial charge in [0.25, 0.3) is 0 Å². The molecule has 0 atom stereocenters. The normalized spacial score (nSPS) is 16.6. The van der Waals surface area contributed by atoms with Crippen LogP contribution in [0, 0.1) is 12.8 Å². The van der Waals surface area contributed by atoms with Crippen molar-refractivity contribution in [1.29, 1.82) is 0 Å². The number of hydrogen-bond acceptors (Lipinski definition) is 4. The minimum Gasteiger partial charge on any atom is -0.356 e. The fraction of sp³-hybridized carbons (Fsp3) is 0.750. The second-order valence-corrected chi connectivity index (χ2v) is 5.75. The van der Waals surface area contributed by atoms with E-state index < -0.39 is 0 Å². The Morgan fingerprint density at radius 3 is 2.65 bits per heavy atom. The van der Waals surface area contributed by atoms with Crippen molar-refractivity contribution >= 4 is 5.82 Å². The molecule has 20 heavy (non-hydrogen) atoms. The Morgan fingerprint density at radius 1 is 1.25 bits per heavy atom. The van der Waals surface area contributed by atoms with Gasteiger partial charge >= 0.3 is 0 Å². The van der Waals surface area contributed by atoms with Crippen LogP contribution in [0.5, 0.6) is 0 Å². The van der Waals surface area contributed by atoms with Crippen molar-refractivity contribution in [2.45, 2.75) is 46.5 Å². The number of aromatic nitrogens is 2. The summed E-state index contributed by atoms with van der Waals surface area (Å²) >= 11 is 0. The van der Waals surface area contributed by atoms with Gasteiger partial charge in [-0.2, -0.15) is 0 Å². The van der Waals surface area contributed by atoms with Crippen LogP contribution in [0.15, 0.2) is 6.07 Å². The molecule has 0 aromatic carbocycles. The first-order valence-corrected chi connectivity index (χ1v) is 8.03. The van der Waals surface area contributed by atoms with Crippen LogP contribution in [0.2, 0.25) is 0 Å². The van der Waals surface area contributed by atoms with Crippen LogP contribution in [-0.2, 0) is 6.42 Å². The van der Waals surface area contributed by atoms with Crippen LogP contribution in [0.25, 0.3) is 0 Å². The number of hydrogen-bond donors (Lipinski definition) is 1. The summed E-state index contributed by atoms with van der Waals surface area (Å²) < 4.78 is 0. The van der Waals surface area contributed by atoms with Gasteiger partial charge in [-0.25, -0.2) is 9.97 Å². The Morgan fingerprint density at radius 2 is 2.00 bits per heavy atom. The SMILES string of the molecule is CCCNCC1CCN(c2cc(CC)nc(C)n2)CC1. The number of nitrogens with one attached hydrogen (secondary N) is 1. The van der Waals surface area contributed by atoms with E-state index in [1.54, 1.807) is 0 Å². The van der Waals surface area contributed by atoms with Crippen molar-refractivity contribution in [2.24, 2.45) is 5.92 Å². The van der Waals surface area contributed by atoms with Crippen molar-refractivity contribution in [3.63, 3.8) is 0 Å². The minimum absolute atomic E-state index is 0.825. The average Bonchev–Trinajstić information content (AvgIpc) is 2.47. The Kier molecular flexibility index (Phi) is 5.77. The summed E-state index contributed by atoms with van der Waals surface area (Å²) in [6.07, 6.45) is 4.73. The van der Waals surface area contributed by atoms with Crippen molar-refractivity contribution in [3.05, 3.63) is 17.6 Å². The van der Waals surface area contributed by atoms with Crippen LogP contribution in [0.1, 0.15) is 44.6 Å². The predicted octanol–water partition coefficient (Wildman–Crippen LogP) is 2.56. The Bertz CT molecular complexity index is 411. The summed E-state index contributed by atoms with van der Waals surface area (Å²) in [4.78, 5) is 11.5. The molecule has 0 bridgehead atoms. The molecule has 0 saturated carbocycles. The van der Waals surface area contributed by atoms with E-state index in [2.05, 4.69) is 40.1 Å². The number of aryl methyl sites for hydroxylation is 2. The van der Waals surface area contributed by atoms with Gasteiger partial charge in [-0.1, -0.05) is 13.8 Å².